The Hall–Kier alpha value is -2.41. The zero-order valence-corrected chi connectivity index (χ0v) is 15.5. The normalized spacial score (nSPS) is 18.5. The van der Waals surface area contributed by atoms with Crippen LogP contribution < -0.4 is 4.90 Å². The van der Waals surface area contributed by atoms with Gasteiger partial charge in [-0.1, -0.05) is 0 Å². The Labute approximate surface area is 154 Å². The van der Waals surface area contributed by atoms with E-state index in [1.54, 1.807) is 0 Å². The molecule has 0 bridgehead atoms. The van der Waals surface area contributed by atoms with Gasteiger partial charge in [0, 0.05) is 75.0 Å². The molecule has 1 N–H and O–H groups in total. The molecule has 26 heavy (non-hydrogen) atoms. The molecule has 1 fully saturated rings. The van der Waals surface area contributed by atoms with Gasteiger partial charge in [-0.15, -0.1) is 0 Å². The number of aromatic amines is 1. The largest absolute Gasteiger partial charge is 0.369 e. The van der Waals surface area contributed by atoms with Crippen LogP contribution in [0.4, 0.5) is 5.69 Å². The first-order valence-electron chi connectivity index (χ1n) is 9.33. The maximum absolute atomic E-state index is 13.1. The summed E-state index contributed by atoms with van der Waals surface area (Å²) in [6.07, 6.45) is 5.62. The van der Waals surface area contributed by atoms with Crippen molar-refractivity contribution in [2.45, 2.75) is 26.3 Å². The maximum atomic E-state index is 13.1. The summed E-state index contributed by atoms with van der Waals surface area (Å²) in [5.74, 6) is 0.0612. The molecule has 1 saturated heterocycles. The summed E-state index contributed by atoms with van der Waals surface area (Å²) in [6, 6.07) is 2.06. The summed E-state index contributed by atoms with van der Waals surface area (Å²) in [5.41, 5.74) is 5.20. The third-order valence-corrected chi connectivity index (χ3v) is 5.44. The van der Waals surface area contributed by atoms with Gasteiger partial charge in [0.15, 0.2) is 5.69 Å². The third kappa shape index (κ3) is 3.19. The summed E-state index contributed by atoms with van der Waals surface area (Å²) < 4.78 is 0. The van der Waals surface area contributed by atoms with Crippen LogP contribution in [-0.4, -0.2) is 70.7 Å². The van der Waals surface area contributed by atoms with E-state index >= 15 is 0 Å². The number of hydrogen-bond acceptors (Lipinski definition) is 5. The van der Waals surface area contributed by atoms with Crippen LogP contribution in [0.15, 0.2) is 18.5 Å². The summed E-state index contributed by atoms with van der Waals surface area (Å²) in [5, 5.41) is 7.45. The fourth-order valence-electron chi connectivity index (χ4n) is 3.94. The van der Waals surface area contributed by atoms with Crippen molar-refractivity contribution in [1.29, 1.82) is 0 Å². The molecule has 0 saturated carbocycles. The minimum atomic E-state index is 0.0612. The lowest BCUT2D eigenvalue weighted by molar-refractivity contribution is 0.0759. The molecule has 4 rings (SSSR count). The number of nitrogens with one attached hydrogen (secondary N) is 1. The van der Waals surface area contributed by atoms with Crippen molar-refractivity contribution in [2.24, 2.45) is 0 Å². The zero-order chi connectivity index (χ0) is 18.1. The molecule has 0 atom stereocenters. The second-order valence-electron chi connectivity index (χ2n) is 7.31. The van der Waals surface area contributed by atoms with Gasteiger partial charge in [-0.05, 0) is 32.0 Å². The number of aromatic nitrogens is 3. The fourth-order valence-corrected chi connectivity index (χ4v) is 3.94. The van der Waals surface area contributed by atoms with Crippen molar-refractivity contribution in [3.05, 3.63) is 41.0 Å². The van der Waals surface area contributed by atoms with Crippen molar-refractivity contribution >= 4 is 11.6 Å². The molecule has 2 aromatic heterocycles. The highest BCUT2D eigenvalue weighted by atomic mass is 16.2. The van der Waals surface area contributed by atoms with Crippen LogP contribution in [0.25, 0.3) is 0 Å². The standard InChI is InChI=1S/C19H26N6O/c1-14-12-20-6-4-17(14)24-7-3-8-25(11-10-24)19(26)18-15-13-23(2)9-5-16(15)21-22-18/h4,6,12H,3,5,7-11,13H2,1-2H3,(H,21,22). The molecule has 0 aromatic carbocycles. The van der Waals surface area contributed by atoms with Gasteiger partial charge in [-0.3, -0.25) is 14.9 Å². The van der Waals surface area contributed by atoms with E-state index in [9.17, 15) is 4.79 Å². The Balaban J connectivity index is 1.49. The summed E-state index contributed by atoms with van der Waals surface area (Å²) in [7, 11) is 2.09. The summed E-state index contributed by atoms with van der Waals surface area (Å²) in [4.78, 5) is 23.8. The Morgan fingerprint density at radius 3 is 2.92 bits per heavy atom. The minimum Gasteiger partial charge on any atom is -0.369 e. The van der Waals surface area contributed by atoms with Gasteiger partial charge in [-0.25, -0.2) is 0 Å². The molecular formula is C19H26N6O. The molecule has 2 aliphatic rings. The summed E-state index contributed by atoms with van der Waals surface area (Å²) in [6.45, 7) is 7.17. The lowest BCUT2D eigenvalue weighted by Gasteiger charge is -2.25. The van der Waals surface area contributed by atoms with Crippen molar-refractivity contribution in [3.63, 3.8) is 0 Å². The number of likely N-dealkylation sites (N-methyl/N-ethyl adjacent to an activating group) is 1. The van der Waals surface area contributed by atoms with Crippen molar-refractivity contribution < 1.29 is 4.79 Å². The zero-order valence-electron chi connectivity index (χ0n) is 15.5. The Kier molecular flexibility index (Phi) is 4.63. The highest BCUT2D eigenvalue weighted by Crippen LogP contribution is 2.23. The fraction of sp³-hybridized carbons (Fsp3) is 0.526. The van der Waals surface area contributed by atoms with Gasteiger partial charge >= 0.3 is 0 Å². The number of amides is 1. The van der Waals surface area contributed by atoms with Gasteiger partial charge in [0.2, 0.25) is 0 Å². The van der Waals surface area contributed by atoms with Gasteiger partial charge in [0.25, 0.3) is 5.91 Å². The SMILES string of the molecule is Cc1cnccc1N1CCCN(C(=O)c2n[nH]c3c2CN(C)CC3)CC1. The van der Waals surface area contributed by atoms with Gasteiger partial charge < -0.3 is 14.7 Å². The molecule has 0 aliphatic carbocycles. The van der Waals surface area contributed by atoms with Gasteiger partial charge in [0.05, 0.1) is 0 Å². The van der Waals surface area contributed by atoms with Crippen LogP contribution in [0.2, 0.25) is 0 Å². The number of fused-ring (bicyclic) bond motifs is 1. The van der Waals surface area contributed by atoms with E-state index in [-0.39, 0.29) is 5.91 Å². The Bertz CT molecular complexity index is 801. The molecule has 7 heteroatoms. The lowest BCUT2D eigenvalue weighted by atomic mass is 10.1. The maximum Gasteiger partial charge on any atom is 0.274 e. The lowest BCUT2D eigenvalue weighted by Crippen LogP contribution is -2.36. The highest BCUT2D eigenvalue weighted by Gasteiger charge is 2.28. The molecule has 4 heterocycles. The molecule has 2 aliphatic heterocycles. The molecule has 0 unspecified atom stereocenters. The average molecular weight is 354 g/mol. The molecule has 0 spiro atoms. The van der Waals surface area contributed by atoms with E-state index in [0.29, 0.717) is 5.69 Å². The number of rotatable bonds is 2. The number of hydrogen-bond donors (Lipinski definition) is 1. The van der Waals surface area contributed by atoms with Crippen LogP contribution in [0.3, 0.4) is 0 Å². The second-order valence-corrected chi connectivity index (χ2v) is 7.31. The van der Waals surface area contributed by atoms with Crippen LogP contribution in [-0.2, 0) is 13.0 Å². The number of carbonyl (C=O) groups is 1. The van der Waals surface area contributed by atoms with Crippen molar-refractivity contribution in [1.82, 2.24) is 25.0 Å². The molecule has 138 valence electrons. The number of aryl methyl sites for hydroxylation is 1. The third-order valence-electron chi connectivity index (χ3n) is 5.44. The smallest absolute Gasteiger partial charge is 0.274 e. The number of anilines is 1. The molecule has 0 radical (unpaired) electrons. The van der Waals surface area contributed by atoms with Crippen LogP contribution in [0.5, 0.6) is 0 Å². The molecule has 2 aromatic rings. The number of pyridine rings is 1. The first-order valence-corrected chi connectivity index (χ1v) is 9.33. The first kappa shape index (κ1) is 17.0. The molecule has 7 nitrogen and oxygen atoms in total. The highest BCUT2D eigenvalue weighted by molar-refractivity contribution is 5.94. The quantitative estimate of drug-likeness (QED) is 0.884. The number of nitrogens with zero attached hydrogens (tertiary/aromatic N) is 5. The van der Waals surface area contributed by atoms with Crippen molar-refractivity contribution in [3.8, 4) is 0 Å². The Morgan fingerprint density at radius 1 is 1.19 bits per heavy atom. The van der Waals surface area contributed by atoms with E-state index in [1.165, 1.54) is 11.3 Å². The molecule has 1 amide bonds. The van der Waals surface area contributed by atoms with E-state index in [2.05, 4.69) is 45.0 Å². The minimum absolute atomic E-state index is 0.0612. The van der Waals surface area contributed by atoms with Crippen LogP contribution in [0.1, 0.15) is 33.7 Å². The summed E-state index contributed by atoms with van der Waals surface area (Å²) >= 11 is 0. The second kappa shape index (κ2) is 7.07. The monoisotopic (exact) mass is 354 g/mol. The van der Waals surface area contributed by atoms with E-state index in [1.807, 2.05) is 17.3 Å². The first-order chi connectivity index (χ1) is 12.6. The van der Waals surface area contributed by atoms with E-state index < -0.39 is 0 Å². The Morgan fingerprint density at radius 2 is 2.08 bits per heavy atom. The van der Waals surface area contributed by atoms with E-state index in [0.717, 1.165) is 63.4 Å². The predicted octanol–water partition coefficient (Wildman–Crippen LogP) is 1.45. The van der Waals surface area contributed by atoms with Crippen LogP contribution in [0, 0.1) is 6.92 Å². The van der Waals surface area contributed by atoms with Gasteiger partial charge in [-0.2, -0.15) is 5.10 Å². The van der Waals surface area contributed by atoms with E-state index in [4.69, 9.17) is 0 Å². The number of carbonyl (C=O) groups excluding carboxylic acids is 1. The topological polar surface area (TPSA) is 68.4 Å². The average Bonchev–Trinajstić information content (AvgIpc) is 2.89. The molecular weight excluding hydrogens is 328 g/mol. The van der Waals surface area contributed by atoms with Crippen LogP contribution >= 0.6 is 0 Å². The van der Waals surface area contributed by atoms with Crippen molar-refractivity contribution in [2.75, 3.05) is 44.7 Å². The number of H-pyrrole nitrogens is 1. The predicted molar refractivity (Wildman–Crippen MR) is 100 cm³/mol. The van der Waals surface area contributed by atoms with Gasteiger partial charge in [0.1, 0.15) is 0 Å².